The predicted molar refractivity (Wildman–Crippen MR) is 73.1 cm³/mol. The number of nitrogens with two attached hydrogens (primary N) is 1. The van der Waals surface area contributed by atoms with Crippen molar-refractivity contribution in [3.05, 3.63) is 18.2 Å². The Hall–Kier alpha value is -1.27. The SMILES string of the molecule is COc1ccc(N)c(S(=O)(=O)CCC2CCCO2)c1. The second kappa shape index (κ2) is 5.79. The Morgan fingerprint density at radius 2 is 2.26 bits per heavy atom. The minimum Gasteiger partial charge on any atom is -0.497 e. The largest absolute Gasteiger partial charge is 0.497 e. The molecule has 1 aliphatic heterocycles. The first-order chi connectivity index (χ1) is 9.03. The molecule has 1 unspecified atom stereocenters. The Morgan fingerprint density at radius 3 is 2.89 bits per heavy atom. The number of methoxy groups -OCH3 is 1. The van der Waals surface area contributed by atoms with Gasteiger partial charge >= 0.3 is 0 Å². The summed E-state index contributed by atoms with van der Waals surface area (Å²) in [6.45, 7) is 0.728. The van der Waals surface area contributed by atoms with Gasteiger partial charge in [0.1, 0.15) is 5.75 Å². The molecular weight excluding hydrogens is 266 g/mol. The van der Waals surface area contributed by atoms with Crippen molar-refractivity contribution >= 4 is 15.5 Å². The van der Waals surface area contributed by atoms with Crippen LogP contribution in [0, 0.1) is 0 Å². The van der Waals surface area contributed by atoms with E-state index in [4.69, 9.17) is 15.2 Å². The molecule has 0 amide bonds. The highest BCUT2D eigenvalue weighted by molar-refractivity contribution is 7.91. The number of sulfone groups is 1. The minimum absolute atomic E-state index is 0.0506. The number of benzene rings is 1. The quantitative estimate of drug-likeness (QED) is 0.832. The topological polar surface area (TPSA) is 78.6 Å². The number of hydrogen-bond acceptors (Lipinski definition) is 5. The molecule has 0 bridgehead atoms. The first kappa shape index (κ1) is 14.1. The maximum Gasteiger partial charge on any atom is 0.180 e. The maximum absolute atomic E-state index is 12.3. The van der Waals surface area contributed by atoms with Crippen LogP contribution in [-0.2, 0) is 14.6 Å². The van der Waals surface area contributed by atoms with Crippen molar-refractivity contribution in [2.75, 3.05) is 25.2 Å². The van der Waals surface area contributed by atoms with Crippen LogP contribution in [0.15, 0.2) is 23.1 Å². The second-order valence-electron chi connectivity index (χ2n) is 4.65. The number of nitrogen functional groups attached to an aromatic ring is 1. The molecule has 0 spiro atoms. The zero-order chi connectivity index (χ0) is 13.9. The summed E-state index contributed by atoms with van der Waals surface area (Å²) < 4.78 is 35.1. The molecule has 1 aliphatic rings. The normalized spacial score (nSPS) is 19.5. The molecule has 1 heterocycles. The Balaban J connectivity index is 2.13. The van der Waals surface area contributed by atoms with Crippen molar-refractivity contribution in [2.24, 2.45) is 0 Å². The lowest BCUT2D eigenvalue weighted by Crippen LogP contribution is -2.15. The molecular formula is C13H19NO4S. The number of anilines is 1. The van der Waals surface area contributed by atoms with Crippen LogP contribution in [0.5, 0.6) is 5.75 Å². The highest BCUT2D eigenvalue weighted by Gasteiger charge is 2.23. The van der Waals surface area contributed by atoms with Gasteiger partial charge in [0.2, 0.25) is 0 Å². The lowest BCUT2D eigenvalue weighted by molar-refractivity contribution is 0.109. The third-order valence-electron chi connectivity index (χ3n) is 3.29. The van der Waals surface area contributed by atoms with E-state index in [1.165, 1.54) is 13.2 Å². The van der Waals surface area contributed by atoms with Crippen molar-refractivity contribution in [1.29, 1.82) is 0 Å². The molecule has 1 aromatic rings. The van der Waals surface area contributed by atoms with Crippen LogP contribution >= 0.6 is 0 Å². The summed E-state index contributed by atoms with van der Waals surface area (Å²) in [7, 11) is -1.90. The molecule has 106 valence electrons. The highest BCUT2D eigenvalue weighted by Crippen LogP contribution is 2.26. The number of hydrogen-bond donors (Lipinski definition) is 1. The van der Waals surface area contributed by atoms with E-state index in [2.05, 4.69) is 0 Å². The van der Waals surface area contributed by atoms with E-state index in [0.29, 0.717) is 12.2 Å². The van der Waals surface area contributed by atoms with Crippen LogP contribution in [0.2, 0.25) is 0 Å². The van der Waals surface area contributed by atoms with E-state index in [1.807, 2.05) is 0 Å². The van der Waals surface area contributed by atoms with Crippen molar-refractivity contribution in [3.8, 4) is 5.75 Å². The highest BCUT2D eigenvalue weighted by atomic mass is 32.2. The Morgan fingerprint density at radius 1 is 1.47 bits per heavy atom. The lowest BCUT2D eigenvalue weighted by atomic mass is 10.2. The number of rotatable bonds is 5. The minimum atomic E-state index is -3.40. The first-order valence-electron chi connectivity index (χ1n) is 6.31. The fourth-order valence-corrected chi connectivity index (χ4v) is 3.70. The van der Waals surface area contributed by atoms with Crippen LogP contribution in [0.1, 0.15) is 19.3 Å². The summed E-state index contributed by atoms with van der Waals surface area (Å²) >= 11 is 0. The summed E-state index contributed by atoms with van der Waals surface area (Å²) in [5.74, 6) is 0.541. The van der Waals surface area contributed by atoms with Gasteiger partial charge in [0.15, 0.2) is 9.84 Å². The molecule has 6 heteroatoms. The van der Waals surface area contributed by atoms with E-state index in [0.717, 1.165) is 19.4 Å². The molecule has 19 heavy (non-hydrogen) atoms. The summed E-state index contributed by atoms with van der Waals surface area (Å²) in [6, 6.07) is 4.67. The third-order valence-corrected chi connectivity index (χ3v) is 5.09. The van der Waals surface area contributed by atoms with E-state index in [-0.39, 0.29) is 22.4 Å². The van der Waals surface area contributed by atoms with Crippen LogP contribution in [0.3, 0.4) is 0 Å². The van der Waals surface area contributed by atoms with Gasteiger partial charge in [-0.05, 0) is 31.4 Å². The second-order valence-corrected chi connectivity index (χ2v) is 6.72. The van der Waals surface area contributed by atoms with Crippen LogP contribution in [0.25, 0.3) is 0 Å². The summed E-state index contributed by atoms with van der Waals surface area (Å²) in [6.07, 6.45) is 2.51. The third kappa shape index (κ3) is 3.39. The summed E-state index contributed by atoms with van der Waals surface area (Å²) in [4.78, 5) is 0.143. The Kier molecular flexibility index (Phi) is 4.31. The van der Waals surface area contributed by atoms with E-state index >= 15 is 0 Å². The van der Waals surface area contributed by atoms with Crippen molar-refractivity contribution in [3.63, 3.8) is 0 Å². The van der Waals surface area contributed by atoms with Crippen LogP contribution in [-0.4, -0.2) is 34.0 Å². The van der Waals surface area contributed by atoms with E-state index < -0.39 is 9.84 Å². The Bertz CT molecular complexity index is 536. The lowest BCUT2D eigenvalue weighted by Gasteiger charge is -2.12. The summed E-state index contributed by atoms with van der Waals surface area (Å²) in [5.41, 5.74) is 6.01. The van der Waals surface area contributed by atoms with E-state index in [1.54, 1.807) is 12.1 Å². The van der Waals surface area contributed by atoms with Gasteiger partial charge in [-0.2, -0.15) is 0 Å². The van der Waals surface area contributed by atoms with Crippen molar-refractivity contribution < 1.29 is 17.9 Å². The fraction of sp³-hybridized carbons (Fsp3) is 0.538. The molecule has 0 aromatic heterocycles. The Labute approximate surface area is 113 Å². The number of ether oxygens (including phenoxy) is 2. The molecule has 2 N–H and O–H groups in total. The first-order valence-corrected chi connectivity index (χ1v) is 7.96. The van der Waals surface area contributed by atoms with Crippen molar-refractivity contribution in [2.45, 2.75) is 30.3 Å². The molecule has 5 nitrogen and oxygen atoms in total. The fourth-order valence-electron chi connectivity index (χ4n) is 2.18. The predicted octanol–water partition coefficient (Wildman–Crippen LogP) is 1.62. The van der Waals surface area contributed by atoms with Gasteiger partial charge in [0, 0.05) is 12.7 Å². The molecule has 1 saturated heterocycles. The summed E-state index contributed by atoms with van der Waals surface area (Å²) in [5, 5.41) is 0. The average Bonchev–Trinajstić information content (AvgIpc) is 2.90. The van der Waals surface area contributed by atoms with Gasteiger partial charge < -0.3 is 15.2 Å². The molecule has 1 aromatic carbocycles. The molecule has 0 aliphatic carbocycles. The molecule has 1 atom stereocenters. The van der Waals surface area contributed by atoms with Crippen LogP contribution in [0.4, 0.5) is 5.69 Å². The average molecular weight is 285 g/mol. The maximum atomic E-state index is 12.3. The van der Waals surface area contributed by atoms with E-state index in [9.17, 15) is 8.42 Å². The van der Waals surface area contributed by atoms with Gasteiger partial charge in [0.05, 0.1) is 29.5 Å². The zero-order valence-corrected chi connectivity index (χ0v) is 11.8. The smallest absolute Gasteiger partial charge is 0.180 e. The molecule has 0 saturated carbocycles. The molecule has 2 rings (SSSR count). The van der Waals surface area contributed by atoms with Gasteiger partial charge in [-0.15, -0.1) is 0 Å². The standard InChI is InChI=1S/C13H19NO4S/c1-17-11-4-5-12(14)13(9-11)19(15,16)8-6-10-3-2-7-18-10/h4-5,9-10H,2-3,6-8,14H2,1H3. The van der Waals surface area contributed by atoms with Crippen LogP contribution < -0.4 is 10.5 Å². The van der Waals surface area contributed by atoms with Gasteiger partial charge in [-0.3, -0.25) is 0 Å². The van der Waals surface area contributed by atoms with Gasteiger partial charge in [-0.25, -0.2) is 8.42 Å². The van der Waals surface area contributed by atoms with Gasteiger partial charge in [0.25, 0.3) is 0 Å². The van der Waals surface area contributed by atoms with Crippen molar-refractivity contribution in [1.82, 2.24) is 0 Å². The molecule has 1 fully saturated rings. The van der Waals surface area contributed by atoms with Gasteiger partial charge in [-0.1, -0.05) is 0 Å². The molecule has 0 radical (unpaired) electrons. The monoisotopic (exact) mass is 285 g/mol. The zero-order valence-electron chi connectivity index (χ0n) is 11.0.